The van der Waals surface area contributed by atoms with E-state index in [0.717, 1.165) is 28.7 Å². The summed E-state index contributed by atoms with van der Waals surface area (Å²) < 4.78 is 5.83. The maximum Gasteiger partial charge on any atom is 0.158 e. The van der Waals surface area contributed by atoms with Crippen molar-refractivity contribution in [2.75, 3.05) is 0 Å². The van der Waals surface area contributed by atoms with E-state index in [9.17, 15) is 0 Å². The van der Waals surface area contributed by atoms with E-state index in [-0.39, 0.29) is 5.54 Å². The summed E-state index contributed by atoms with van der Waals surface area (Å²) >= 11 is 6.15. The SMILES string of the molecule is CC(C)(C)[NH2+]Cc1ccc(-c2ccccc2Cl)o1. The fourth-order valence-corrected chi connectivity index (χ4v) is 1.93. The first-order valence-corrected chi connectivity index (χ1v) is 6.51. The van der Waals surface area contributed by atoms with Gasteiger partial charge < -0.3 is 9.73 Å². The summed E-state index contributed by atoms with van der Waals surface area (Å²) in [6.07, 6.45) is 0. The van der Waals surface area contributed by atoms with Crippen molar-refractivity contribution in [2.24, 2.45) is 0 Å². The van der Waals surface area contributed by atoms with Crippen molar-refractivity contribution < 1.29 is 9.73 Å². The van der Waals surface area contributed by atoms with Crippen molar-refractivity contribution in [1.82, 2.24) is 0 Å². The second-order valence-corrected chi connectivity index (χ2v) is 5.93. The number of quaternary nitrogens is 1. The Bertz CT molecular complexity index is 525. The minimum atomic E-state index is 0.206. The highest BCUT2D eigenvalue weighted by molar-refractivity contribution is 6.33. The van der Waals surface area contributed by atoms with Gasteiger partial charge in [-0.3, -0.25) is 0 Å². The molecular formula is C15H19ClNO+. The van der Waals surface area contributed by atoms with E-state index < -0.39 is 0 Å². The Morgan fingerprint density at radius 3 is 2.50 bits per heavy atom. The van der Waals surface area contributed by atoms with Gasteiger partial charge in [-0.25, -0.2) is 0 Å². The molecule has 0 saturated carbocycles. The molecular weight excluding hydrogens is 246 g/mol. The summed E-state index contributed by atoms with van der Waals surface area (Å²) in [6, 6.07) is 11.7. The topological polar surface area (TPSA) is 29.8 Å². The lowest BCUT2D eigenvalue weighted by molar-refractivity contribution is -0.732. The fourth-order valence-electron chi connectivity index (χ4n) is 1.70. The van der Waals surface area contributed by atoms with E-state index in [0.29, 0.717) is 0 Å². The normalized spacial score (nSPS) is 11.8. The van der Waals surface area contributed by atoms with Gasteiger partial charge in [0.15, 0.2) is 5.76 Å². The van der Waals surface area contributed by atoms with Crippen molar-refractivity contribution in [1.29, 1.82) is 0 Å². The molecule has 0 atom stereocenters. The molecule has 0 amide bonds. The van der Waals surface area contributed by atoms with Crippen LogP contribution in [0.2, 0.25) is 5.02 Å². The van der Waals surface area contributed by atoms with Gasteiger partial charge in [0.25, 0.3) is 0 Å². The molecule has 0 aliphatic rings. The summed E-state index contributed by atoms with van der Waals surface area (Å²) in [5, 5.41) is 2.97. The highest BCUT2D eigenvalue weighted by Gasteiger charge is 2.15. The van der Waals surface area contributed by atoms with E-state index in [2.05, 4.69) is 26.1 Å². The zero-order valence-corrected chi connectivity index (χ0v) is 11.8. The van der Waals surface area contributed by atoms with Crippen LogP contribution in [0.5, 0.6) is 0 Å². The van der Waals surface area contributed by atoms with Gasteiger partial charge in [-0.15, -0.1) is 0 Å². The summed E-state index contributed by atoms with van der Waals surface area (Å²) in [6.45, 7) is 7.40. The van der Waals surface area contributed by atoms with Gasteiger partial charge >= 0.3 is 0 Å². The molecule has 18 heavy (non-hydrogen) atoms. The Kier molecular flexibility index (Phi) is 3.79. The lowest BCUT2D eigenvalue weighted by Crippen LogP contribution is -2.92. The maximum atomic E-state index is 6.15. The molecule has 0 unspecified atom stereocenters. The number of nitrogens with two attached hydrogens (primary N) is 1. The molecule has 2 rings (SSSR count). The van der Waals surface area contributed by atoms with E-state index in [1.54, 1.807) is 0 Å². The average Bonchev–Trinajstić information content (AvgIpc) is 2.75. The Morgan fingerprint density at radius 2 is 1.83 bits per heavy atom. The van der Waals surface area contributed by atoms with Crippen LogP contribution >= 0.6 is 11.6 Å². The molecule has 3 heteroatoms. The van der Waals surface area contributed by atoms with Gasteiger partial charge in [0.2, 0.25) is 0 Å². The zero-order chi connectivity index (χ0) is 13.2. The number of rotatable bonds is 3. The van der Waals surface area contributed by atoms with Crippen molar-refractivity contribution in [2.45, 2.75) is 32.9 Å². The van der Waals surface area contributed by atoms with E-state index in [4.69, 9.17) is 16.0 Å². The van der Waals surface area contributed by atoms with Crippen molar-refractivity contribution in [3.05, 3.63) is 47.2 Å². The van der Waals surface area contributed by atoms with Crippen molar-refractivity contribution in [3.63, 3.8) is 0 Å². The first-order valence-electron chi connectivity index (χ1n) is 6.14. The molecule has 1 aromatic heterocycles. The molecule has 0 aliphatic carbocycles. The lowest BCUT2D eigenvalue weighted by Gasteiger charge is -2.15. The Balaban J connectivity index is 2.14. The quantitative estimate of drug-likeness (QED) is 0.904. The number of halogens is 1. The minimum Gasteiger partial charge on any atom is -0.455 e. The van der Waals surface area contributed by atoms with Gasteiger partial charge in [0, 0.05) is 5.56 Å². The highest BCUT2D eigenvalue weighted by Crippen LogP contribution is 2.28. The average molecular weight is 265 g/mol. The van der Waals surface area contributed by atoms with Crippen LogP contribution in [-0.2, 0) is 6.54 Å². The van der Waals surface area contributed by atoms with E-state index in [1.165, 1.54) is 0 Å². The third-order valence-corrected chi connectivity index (χ3v) is 3.05. The first-order chi connectivity index (χ1) is 8.46. The maximum absolute atomic E-state index is 6.15. The molecule has 0 spiro atoms. The van der Waals surface area contributed by atoms with E-state index >= 15 is 0 Å². The molecule has 2 nitrogen and oxygen atoms in total. The van der Waals surface area contributed by atoms with Gasteiger partial charge in [-0.2, -0.15) is 0 Å². The van der Waals surface area contributed by atoms with Crippen molar-refractivity contribution >= 4 is 11.6 Å². The predicted octanol–water partition coefficient (Wildman–Crippen LogP) is 3.46. The van der Waals surface area contributed by atoms with Crippen LogP contribution < -0.4 is 5.32 Å². The molecule has 0 aliphatic heterocycles. The van der Waals surface area contributed by atoms with Crippen LogP contribution in [-0.4, -0.2) is 5.54 Å². The van der Waals surface area contributed by atoms with Crippen LogP contribution in [0.4, 0.5) is 0 Å². The molecule has 2 N–H and O–H groups in total. The van der Waals surface area contributed by atoms with Gasteiger partial charge in [0.05, 0.1) is 10.6 Å². The van der Waals surface area contributed by atoms with Crippen LogP contribution in [0.1, 0.15) is 26.5 Å². The highest BCUT2D eigenvalue weighted by atomic mass is 35.5. The number of benzene rings is 1. The minimum absolute atomic E-state index is 0.206. The summed E-state index contributed by atoms with van der Waals surface area (Å²) in [7, 11) is 0. The molecule has 1 heterocycles. The summed E-state index contributed by atoms with van der Waals surface area (Å²) in [5.74, 6) is 1.80. The predicted molar refractivity (Wildman–Crippen MR) is 74.5 cm³/mol. The van der Waals surface area contributed by atoms with Crippen LogP contribution in [0, 0.1) is 0 Å². The second kappa shape index (κ2) is 5.17. The van der Waals surface area contributed by atoms with Gasteiger partial charge in [0.1, 0.15) is 12.3 Å². The molecule has 1 aromatic carbocycles. The fraction of sp³-hybridized carbons (Fsp3) is 0.333. The monoisotopic (exact) mass is 264 g/mol. The van der Waals surface area contributed by atoms with Crippen LogP contribution in [0.25, 0.3) is 11.3 Å². The molecule has 96 valence electrons. The zero-order valence-electron chi connectivity index (χ0n) is 11.0. The second-order valence-electron chi connectivity index (χ2n) is 5.52. The number of hydrogen-bond donors (Lipinski definition) is 1. The van der Waals surface area contributed by atoms with Gasteiger partial charge in [-0.1, -0.05) is 23.7 Å². The third kappa shape index (κ3) is 3.37. The lowest BCUT2D eigenvalue weighted by atomic mass is 10.1. The van der Waals surface area contributed by atoms with Crippen LogP contribution in [0.15, 0.2) is 40.8 Å². The third-order valence-electron chi connectivity index (χ3n) is 2.72. The first kappa shape index (κ1) is 13.2. The standard InChI is InChI=1S/C15H18ClNO/c1-15(2,3)17-10-11-8-9-14(18-11)12-6-4-5-7-13(12)16/h4-9,17H,10H2,1-3H3/p+1. The Hall–Kier alpha value is -1.25. The molecule has 0 radical (unpaired) electrons. The Morgan fingerprint density at radius 1 is 1.11 bits per heavy atom. The summed E-state index contributed by atoms with van der Waals surface area (Å²) in [5.41, 5.74) is 1.15. The van der Waals surface area contributed by atoms with Crippen molar-refractivity contribution in [3.8, 4) is 11.3 Å². The molecule has 0 saturated heterocycles. The number of hydrogen-bond acceptors (Lipinski definition) is 1. The van der Waals surface area contributed by atoms with Gasteiger partial charge in [-0.05, 0) is 45.0 Å². The largest absolute Gasteiger partial charge is 0.455 e. The Labute approximate surface area is 113 Å². The molecule has 0 fully saturated rings. The molecule has 2 aromatic rings. The molecule has 0 bridgehead atoms. The van der Waals surface area contributed by atoms with E-state index in [1.807, 2.05) is 36.4 Å². The summed E-state index contributed by atoms with van der Waals surface area (Å²) in [4.78, 5) is 0. The van der Waals surface area contributed by atoms with Crippen LogP contribution in [0.3, 0.4) is 0 Å². The smallest absolute Gasteiger partial charge is 0.158 e. The number of furan rings is 1.